The Balaban J connectivity index is 1.83. The number of rotatable bonds is 9. The van der Waals surface area contributed by atoms with E-state index in [-0.39, 0.29) is 5.91 Å². The zero-order valence-corrected chi connectivity index (χ0v) is 15.0. The van der Waals surface area contributed by atoms with Crippen molar-refractivity contribution < 1.29 is 19.0 Å². The number of methoxy groups -OCH3 is 2. The highest BCUT2D eigenvalue weighted by molar-refractivity contribution is 5.76. The molecule has 0 fully saturated rings. The van der Waals surface area contributed by atoms with E-state index in [9.17, 15) is 4.79 Å². The number of carbonyl (C=O) groups is 1. The summed E-state index contributed by atoms with van der Waals surface area (Å²) in [5.74, 6) is 2.19. The van der Waals surface area contributed by atoms with Crippen molar-refractivity contribution in [3.63, 3.8) is 0 Å². The van der Waals surface area contributed by atoms with E-state index in [1.807, 2.05) is 49.4 Å². The summed E-state index contributed by atoms with van der Waals surface area (Å²) >= 11 is 0. The van der Waals surface area contributed by atoms with Gasteiger partial charge < -0.3 is 19.5 Å². The molecule has 0 bridgehead atoms. The van der Waals surface area contributed by atoms with Gasteiger partial charge in [-0.05, 0) is 48.7 Å². The number of nitrogens with one attached hydrogen (secondary N) is 1. The van der Waals surface area contributed by atoms with E-state index in [0.717, 1.165) is 16.9 Å². The van der Waals surface area contributed by atoms with Crippen molar-refractivity contribution in [2.75, 3.05) is 20.8 Å². The Bertz CT molecular complexity index is 700. The molecule has 0 spiro atoms. The number of benzene rings is 2. The average Bonchev–Trinajstić information content (AvgIpc) is 2.65. The second-order valence-corrected chi connectivity index (χ2v) is 5.55. The number of aryl methyl sites for hydroxylation is 1. The highest BCUT2D eigenvalue weighted by Crippen LogP contribution is 2.27. The Morgan fingerprint density at radius 3 is 2.52 bits per heavy atom. The molecule has 1 N–H and O–H groups in total. The summed E-state index contributed by atoms with van der Waals surface area (Å²) in [5.41, 5.74) is 2.05. The average molecular weight is 343 g/mol. The smallest absolute Gasteiger partial charge is 0.220 e. The normalized spacial score (nSPS) is 10.2. The van der Waals surface area contributed by atoms with Crippen molar-refractivity contribution >= 4 is 5.91 Å². The van der Waals surface area contributed by atoms with Crippen LogP contribution < -0.4 is 19.5 Å². The van der Waals surface area contributed by atoms with E-state index in [0.29, 0.717) is 37.5 Å². The van der Waals surface area contributed by atoms with E-state index in [1.165, 1.54) is 0 Å². The summed E-state index contributed by atoms with van der Waals surface area (Å²) in [6.07, 6.45) is 1.06. The van der Waals surface area contributed by atoms with Crippen LogP contribution in [0.25, 0.3) is 0 Å². The van der Waals surface area contributed by atoms with E-state index in [1.54, 1.807) is 14.2 Å². The maximum atomic E-state index is 12.1. The van der Waals surface area contributed by atoms with Gasteiger partial charge in [-0.2, -0.15) is 0 Å². The summed E-state index contributed by atoms with van der Waals surface area (Å²) in [6.45, 7) is 3.06. The predicted molar refractivity (Wildman–Crippen MR) is 97.3 cm³/mol. The maximum Gasteiger partial charge on any atom is 0.220 e. The molecule has 0 aliphatic heterocycles. The minimum atomic E-state index is 0.0107. The monoisotopic (exact) mass is 343 g/mol. The minimum absolute atomic E-state index is 0.0107. The van der Waals surface area contributed by atoms with Crippen LogP contribution in [0.1, 0.15) is 24.5 Å². The molecule has 0 saturated heterocycles. The number of hydrogen-bond acceptors (Lipinski definition) is 4. The largest absolute Gasteiger partial charge is 0.494 e. The minimum Gasteiger partial charge on any atom is -0.494 e. The molecule has 2 aromatic rings. The van der Waals surface area contributed by atoms with Crippen molar-refractivity contribution in [2.24, 2.45) is 0 Å². The molecule has 0 aliphatic carbocycles. The van der Waals surface area contributed by atoms with Crippen molar-refractivity contribution in [3.8, 4) is 17.2 Å². The molecule has 0 unspecified atom stereocenters. The molecule has 2 rings (SSSR count). The Morgan fingerprint density at radius 1 is 1.00 bits per heavy atom. The molecule has 0 heterocycles. The van der Waals surface area contributed by atoms with E-state index in [4.69, 9.17) is 14.2 Å². The summed E-state index contributed by atoms with van der Waals surface area (Å²) in [7, 11) is 3.20. The Morgan fingerprint density at radius 2 is 1.80 bits per heavy atom. The first-order valence-electron chi connectivity index (χ1n) is 8.35. The van der Waals surface area contributed by atoms with Gasteiger partial charge in [-0.25, -0.2) is 0 Å². The van der Waals surface area contributed by atoms with Gasteiger partial charge in [0.2, 0.25) is 5.91 Å². The van der Waals surface area contributed by atoms with E-state index in [2.05, 4.69) is 5.32 Å². The molecule has 5 nitrogen and oxygen atoms in total. The molecule has 0 aromatic heterocycles. The lowest BCUT2D eigenvalue weighted by Crippen LogP contribution is -2.23. The summed E-state index contributed by atoms with van der Waals surface area (Å²) in [5, 5.41) is 2.94. The highest BCUT2D eigenvalue weighted by atomic mass is 16.5. The molecule has 0 atom stereocenters. The molecule has 0 saturated carbocycles. The third-order valence-electron chi connectivity index (χ3n) is 3.79. The van der Waals surface area contributed by atoms with Crippen LogP contribution in [0.5, 0.6) is 17.2 Å². The lowest BCUT2D eigenvalue weighted by atomic mass is 10.1. The lowest BCUT2D eigenvalue weighted by Gasteiger charge is -2.10. The van der Waals surface area contributed by atoms with Crippen LogP contribution in [0, 0.1) is 0 Å². The first-order valence-corrected chi connectivity index (χ1v) is 8.35. The fraction of sp³-hybridized carbons (Fsp3) is 0.350. The van der Waals surface area contributed by atoms with Gasteiger partial charge in [0.25, 0.3) is 0 Å². The molecular formula is C20H25NO4. The molecule has 5 heteroatoms. The second-order valence-electron chi connectivity index (χ2n) is 5.55. The molecular weight excluding hydrogens is 318 g/mol. The Kier molecular flexibility index (Phi) is 7.14. The zero-order chi connectivity index (χ0) is 18.1. The number of hydrogen-bond donors (Lipinski definition) is 1. The molecule has 0 aliphatic rings. The fourth-order valence-electron chi connectivity index (χ4n) is 2.49. The van der Waals surface area contributed by atoms with Crippen molar-refractivity contribution in [3.05, 3.63) is 53.6 Å². The van der Waals surface area contributed by atoms with E-state index < -0.39 is 0 Å². The predicted octanol–water partition coefficient (Wildman–Crippen LogP) is 3.35. The Labute approximate surface area is 148 Å². The number of ether oxygens (including phenoxy) is 3. The van der Waals surface area contributed by atoms with Crippen LogP contribution in [0.4, 0.5) is 0 Å². The van der Waals surface area contributed by atoms with Crippen LogP contribution in [0.15, 0.2) is 42.5 Å². The van der Waals surface area contributed by atoms with E-state index >= 15 is 0 Å². The summed E-state index contributed by atoms with van der Waals surface area (Å²) in [4.78, 5) is 12.1. The van der Waals surface area contributed by atoms with Gasteiger partial charge in [0.05, 0.1) is 20.8 Å². The molecule has 1 amide bonds. The lowest BCUT2D eigenvalue weighted by molar-refractivity contribution is -0.121. The van der Waals surface area contributed by atoms with Crippen molar-refractivity contribution in [1.82, 2.24) is 5.32 Å². The van der Waals surface area contributed by atoms with Gasteiger partial charge in [0, 0.05) is 13.0 Å². The fourth-order valence-corrected chi connectivity index (χ4v) is 2.49. The number of amides is 1. The molecule has 25 heavy (non-hydrogen) atoms. The van der Waals surface area contributed by atoms with Crippen LogP contribution in [0.2, 0.25) is 0 Å². The van der Waals surface area contributed by atoms with Crippen LogP contribution >= 0.6 is 0 Å². The van der Waals surface area contributed by atoms with Gasteiger partial charge in [-0.1, -0.05) is 18.2 Å². The van der Waals surface area contributed by atoms with Gasteiger partial charge in [0.1, 0.15) is 5.75 Å². The van der Waals surface area contributed by atoms with Crippen LogP contribution in [0.3, 0.4) is 0 Å². The van der Waals surface area contributed by atoms with Gasteiger partial charge in [-0.15, -0.1) is 0 Å². The van der Waals surface area contributed by atoms with Crippen LogP contribution in [-0.4, -0.2) is 26.7 Å². The zero-order valence-electron chi connectivity index (χ0n) is 15.0. The SMILES string of the molecule is CCOc1cccc(CNC(=O)CCc2ccc(OC)c(OC)c2)c1. The van der Waals surface area contributed by atoms with Crippen molar-refractivity contribution in [2.45, 2.75) is 26.3 Å². The third-order valence-corrected chi connectivity index (χ3v) is 3.79. The molecule has 2 aromatic carbocycles. The summed E-state index contributed by atoms with van der Waals surface area (Å²) in [6, 6.07) is 13.4. The van der Waals surface area contributed by atoms with Gasteiger partial charge in [-0.3, -0.25) is 4.79 Å². The second kappa shape index (κ2) is 9.57. The topological polar surface area (TPSA) is 56.8 Å². The summed E-state index contributed by atoms with van der Waals surface area (Å²) < 4.78 is 16.0. The van der Waals surface area contributed by atoms with Crippen LogP contribution in [-0.2, 0) is 17.8 Å². The molecule has 0 radical (unpaired) electrons. The van der Waals surface area contributed by atoms with Gasteiger partial charge in [0.15, 0.2) is 11.5 Å². The molecule has 134 valence electrons. The highest BCUT2D eigenvalue weighted by Gasteiger charge is 2.07. The Hall–Kier alpha value is -2.69. The van der Waals surface area contributed by atoms with Gasteiger partial charge >= 0.3 is 0 Å². The van der Waals surface area contributed by atoms with Crippen molar-refractivity contribution in [1.29, 1.82) is 0 Å². The standard InChI is InChI=1S/C20H25NO4/c1-4-25-17-7-5-6-16(12-17)14-21-20(22)11-9-15-8-10-18(23-2)19(13-15)24-3/h5-8,10,12-13H,4,9,11,14H2,1-3H3,(H,21,22). The quantitative estimate of drug-likeness (QED) is 0.759. The third kappa shape index (κ3) is 5.71. The number of carbonyl (C=O) groups excluding carboxylic acids is 1. The first-order chi connectivity index (χ1) is 12.2. The first kappa shape index (κ1) is 18.6. The maximum absolute atomic E-state index is 12.1.